The number of aryl methyl sites for hydroxylation is 2. The van der Waals surface area contributed by atoms with Crippen LogP contribution in [0.4, 0.5) is 0 Å². The number of carboxylic acid groups (broad SMARTS) is 1. The van der Waals surface area contributed by atoms with Crippen molar-refractivity contribution in [1.29, 1.82) is 0 Å². The summed E-state index contributed by atoms with van der Waals surface area (Å²) in [6, 6.07) is 1.77. The van der Waals surface area contributed by atoms with Gasteiger partial charge >= 0.3 is 5.97 Å². The number of methoxy groups -OCH3 is 1. The Morgan fingerprint density at radius 3 is 2.89 bits per heavy atom. The van der Waals surface area contributed by atoms with Crippen LogP contribution in [0.5, 0.6) is 5.88 Å². The van der Waals surface area contributed by atoms with Crippen molar-refractivity contribution in [2.45, 2.75) is 12.1 Å². The van der Waals surface area contributed by atoms with E-state index in [-0.39, 0.29) is 5.75 Å². The number of aliphatic carboxylic acids is 1. The lowest BCUT2D eigenvalue weighted by Gasteiger charge is -2.01. The van der Waals surface area contributed by atoms with E-state index in [9.17, 15) is 4.79 Å². The predicted octanol–water partition coefficient (Wildman–Crippen LogP) is 1.10. The molecule has 0 radical (unpaired) electrons. The second kappa shape index (κ2) is 5.35. The summed E-state index contributed by atoms with van der Waals surface area (Å²) in [6.45, 7) is 1.85. The molecule has 2 rings (SSSR count). The van der Waals surface area contributed by atoms with Crippen molar-refractivity contribution in [1.82, 2.24) is 19.3 Å². The first kappa shape index (κ1) is 13.5. The molecule has 1 N–H and O–H groups in total. The Bertz CT molecular complexity index is 605. The number of carboxylic acids is 1. The first-order chi connectivity index (χ1) is 9.01. The molecule has 0 saturated carbocycles. The molecule has 0 unspecified atom stereocenters. The summed E-state index contributed by atoms with van der Waals surface area (Å²) in [4.78, 5) is 14.9. The van der Waals surface area contributed by atoms with Gasteiger partial charge in [0.1, 0.15) is 0 Å². The van der Waals surface area contributed by atoms with Gasteiger partial charge in [-0.25, -0.2) is 9.67 Å². The van der Waals surface area contributed by atoms with E-state index in [1.807, 2.05) is 13.1 Å². The summed E-state index contributed by atoms with van der Waals surface area (Å²) in [6.07, 6.45) is 1.81. The molecule has 0 fully saturated rings. The second-order valence-electron chi connectivity index (χ2n) is 3.89. The van der Waals surface area contributed by atoms with Crippen LogP contribution in [0.25, 0.3) is 5.82 Å². The van der Waals surface area contributed by atoms with Crippen molar-refractivity contribution in [3.8, 4) is 11.7 Å². The molecule has 0 spiro atoms. The Morgan fingerprint density at radius 1 is 1.58 bits per heavy atom. The maximum absolute atomic E-state index is 10.6. The molecular weight excluding hydrogens is 268 g/mol. The van der Waals surface area contributed by atoms with Gasteiger partial charge < -0.3 is 9.84 Å². The molecule has 2 aromatic heterocycles. The van der Waals surface area contributed by atoms with Crippen molar-refractivity contribution < 1.29 is 14.6 Å². The largest absolute Gasteiger partial charge is 0.481 e. The Kier molecular flexibility index (Phi) is 3.79. The second-order valence-corrected chi connectivity index (χ2v) is 4.83. The summed E-state index contributed by atoms with van der Waals surface area (Å²) in [5, 5.41) is 13.6. The van der Waals surface area contributed by atoms with Crippen LogP contribution in [0.3, 0.4) is 0 Å². The van der Waals surface area contributed by atoms with E-state index in [2.05, 4.69) is 10.1 Å². The van der Waals surface area contributed by atoms with Crippen molar-refractivity contribution in [3.05, 3.63) is 18.0 Å². The minimum atomic E-state index is -0.879. The van der Waals surface area contributed by atoms with Gasteiger partial charge in [0.05, 0.1) is 18.6 Å². The average Bonchev–Trinajstić information content (AvgIpc) is 2.89. The number of thioether (sulfide) groups is 1. The number of rotatable bonds is 5. The maximum Gasteiger partial charge on any atom is 0.313 e. The smallest absolute Gasteiger partial charge is 0.313 e. The highest BCUT2D eigenvalue weighted by Gasteiger charge is 2.14. The van der Waals surface area contributed by atoms with Gasteiger partial charge in [0.15, 0.2) is 11.0 Å². The SMILES string of the molecule is COc1cc(-n2cc(C)nc2SCC(=O)O)nn1C. The molecule has 7 nitrogen and oxygen atoms in total. The van der Waals surface area contributed by atoms with Crippen LogP contribution < -0.4 is 4.74 Å². The van der Waals surface area contributed by atoms with E-state index in [0.29, 0.717) is 16.9 Å². The Morgan fingerprint density at radius 2 is 2.32 bits per heavy atom. The van der Waals surface area contributed by atoms with Gasteiger partial charge in [0, 0.05) is 19.3 Å². The lowest BCUT2D eigenvalue weighted by atomic mass is 10.5. The summed E-state index contributed by atoms with van der Waals surface area (Å²) >= 11 is 1.16. The molecule has 2 aromatic rings. The highest BCUT2D eigenvalue weighted by molar-refractivity contribution is 7.99. The van der Waals surface area contributed by atoms with Crippen molar-refractivity contribution in [2.24, 2.45) is 7.05 Å². The molecule has 0 bridgehead atoms. The Labute approximate surface area is 114 Å². The minimum absolute atomic E-state index is 0.0412. The van der Waals surface area contributed by atoms with Crippen LogP contribution in [0, 0.1) is 6.92 Å². The molecule has 0 saturated heterocycles. The van der Waals surface area contributed by atoms with Crippen LogP contribution in [-0.2, 0) is 11.8 Å². The fourth-order valence-electron chi connectivity index (χ4n) is 1.61. The van der Waals surface area contributed by atoms with Crippen molar-refractivity contribution in [3.63, 3.8) is 0 Å². The molecule has 2 heterocycles. The number of ether oxygens (including phenoxy) is 1. The third kappa shape index (κ3) is 2.90. The Hall–Kier alpha value is -1.96. The molecule has 0 aliphatic rings. The lowest BCUT2D eigenvalue weighted by molar-refractivity contribution is -0.133. The van der Waals surface area contributed by atoms with E-state index in [4.69, 9.17) is 9.84 Å². The number of aromatic nitrogens is 4. The highest BCUT2D eigenvalue weighted by atomic mass is 32.2. The first-order valence-electron chi connectivity index (χ1n) is 5.50. The number of carbonyl (C=O) groups is 1. The molecule has 8 heteroatoms. The monoisotopic (exact) mass is 282 g/mol. The van der Waals surface area contributed by atoms with Crippen LogP contribution in [-0.4, -0.2) is 43.3 Å². The third-order valence-corrected chi connectivity index (χ3v) is 3.34. The van der Waals surface area contributed by atoms with E-state index < -0.39 is 5.97 Å². The van der Waals surface area contributed by atoms with E-state index in [1.54, 1.807) is 29.5 Å². The molecular formula is C11H14N4O3S. The predicted molar refractivity (Wildman–Crippen MR) is 70.0 cm³/mol. The van der Waals surface area contributed by atoms with E-state index in [1.165, 1.54) is 0 Å². The summed E-state index contributed by atoms with van der Waals surface area (Å²) in [7, 11) is 3.34. The fourth-order valence-corrected chi connectivity index (χ4v) is 2.36. The molecule has 0 aromatic carbocycles. The van der Waals surface area contributed by atoms with Crippen LogP contribution in [0.15, 0.2) is 17.4 Å². The molecule has 0 aliphatic heterocycles. The fraction of sp³-hybridized carbons (Fsp3) is 0.364. The third-order valence-electron chi connectivity index (χ3n) is 2.40. The van der Waals surface area contributed by atoms with E-state index in [0.717, 1.165) is 17.5 Å². The van der Waals surface area contributed by atoms with Gasteiger partial charge in [-0.3, -0.25) is 9.36 Å². The zero-order chi connectivity index (χ0) is 14.0. The number of hydrogen-bond acceptors (Lipinski definition) is 5. The standard InChI is InChI=1S/C11H14N4O3S/c1-7-5-15(11(12-7)19-6-10(16)17)8-4-9(18-3)14(2)13-8/h4-5H,6H2,1-3H3,(H,16,17). The molecule has 0 amide bonds. The first-order valence-corrected chi connectivity index (χ1v) is 6.49. The zero-order valence-electron chi connectivity index (χ0n) is 10.8. The van der Waals surface area contributed by atoms with Crippen LogP contribution in [0.2, 0.25) is 0 Å². The maximum atomic E-state index is 10.6. The normalized spacial score (nSPS) is 10.7. The van der Waals surface area contributed by atoms with Gasteiger partial charge in [-0.2, -0.15) is 5.10 Å². The van der Waals surface area contributed by atoms with Gasteiger partial charge in [-0.05, 0) is 6.92 Å². The number of nitrogens with zero attached hydrogens (tertiary/aromatic N) is 4. The average molecular weight is 282 g/mol. The summed E-state index contributed by atoms with van der Waals surface area (Å²) in [5.41, 5.74) is 0.803. The Balaban J connectivity index is 2.34. The van der Waals surface area contributed by atoms with Crippen LogP contribution >= 0.6 is 11.8 Å². The van der Waals surface area contributed by atoms with Crippen LogP contribution in [0.1, 0.15) is 5.69 Å². The quantitative estimate of drug-likeness (QED) is 0.827. The minimum Gasteiger partial charge on any atom is -0.481 e. The van der Waals surface area contributed by atoms with Gasteiger partial charge in [0.2, 0.25) is 5.88 Å². The summed E-state index contributed by atoms with van der Waals surface area (Å²) < 4.78 is 8.52. The topological polar surface area (TPSA) is 82.2 Å². The number of imidazole rings is 1. The molecule has 19 heavy (non-hydrogen) atoms. The number of hydrogen-bond donors (Lipinski definition) is 1. The zero-order valence-corrected chi connectivity index (χ0v) is 11.6. The van der Waals surface area contributed by atoms with E-state index >= 15 is 0 Å². The van der Waals surface area contributed by atoms with Gasteiger partial charge in [-0.15, -0.1) is 0 Å². The highest BCUT2D eigenvalue weighted by Crippen LogP contribution is 2.23. The molecule has 0 atom stereocenters. The summed E-state index contributed by atoms with van der Waals surface area (Å²) in [5.74, 6) is 0.347. The van der Waals surface area contributed by atoms with Crippen molar-refractivity contribution in [2.75, 3.05) is 12.9 Å². The molecule has 102 valence electrons. The molecule has 0 aliphatic carbocycles. The lowest BCUT2D eigenvalue weighted by Crippen LogP contribution is -2.02. The van der Waals surface area contributed by atoms with Crippen molar-refractivity contribution >= 4 is 17.7 Å². The van der Waals surface area contributed by atoms with Gasteiger partial charge in [-0.1, -0.05) is 11.8 Å². The van der Waals surface area contributed by atoms with Gasteiger partial charge in [0.25, 0.3) is 0 Å².